The van der Waals surface area contributed by atoms with E-state index in [9.17, 15) is 22.8 Å². The van der Waals surface area contributed by atoms with Crippen molar-refractivity contribution in [3.05, 3.63) is 71.5 Å². The van der Waals surface area contributed by atoms with E-state index in [0.717, 1.165) is 6.07 Å². The number of carbonyl (C=O) groups excluding carboxylic acids is 1. The third-order valence-corrected chi connectivity index (χ3v) is 6.80. The van der Waals surface area contributed by atoms with Crippen LogP contribution in [0.2, 0.25) is 0 Å². The van der Waals surface area contributed by atoms with E-state index in [1.165, 1.54) is 29.2 Å². The highest BCUT2D eigenvalue weighted by atomic mass is 19.4. The third kappa shape index (κ3) is 4.66. The first-order chi connectivity index (χ1) is 17.1. The number of carboxylic acid groups (broad SMARTS) is 1. The number of hydrogen-bond donors (Lipinski definition) is 2. The van der Waals surface area contributed by atoms with Gasteiger partial charge in [0.2, 0.25) is 0 Å². The number of amides is 1. The van der Waals surface area contributed by atoms with Gasteiger partial charge in [-0.25, -0.2) is 9.59 Å². The Morgan fingerprint density at radius 3 is 2.47 bits per heavy atom. The number of hydrogen-bond acceptors (Lipinski definition) is 5. The smallest absolute Gasteiger partial charge is 0.416 e. The van der Waals surface area contributed by atoms with E-state index in [1.807, 2.05) is 0 Å². The molecule has 1 amide bonds. The number of aromatic carboxylic acids is 1. The van der Waals surface area contributed by atoms with Gasteiger partial charge in [-0.05, 0) is 47.5 Å². The van der Waals surface area contributed by atoms with E-state index in [2.05, 4.69) is 15.1 Å². The van der Waals surface area contributed by atoms with Crippen molar-refractivity contribution >= 4 is 17.7 Å². The van der Waals surface area contributed by atoms with Gasteiger partial charge in [-0.1, -0.05) is 6.07 Å². The van der Waals surface area contributed by atoms with E-state index in [0.29, 0.717) is 61.4 Å². The molecule has 3 heterocycles. The number of alkyl halides is 3. The van der Waals surface area contributed by atoms with Gasteiger partial charge in [-0.15, -0.1) is 0 Å². The van der Waals surface area contributed by atoms with Gasteiger partial charge in [0.15, 0.2) is 0 Å². The highest BCUT2D eigenvalue weighted by molar-refractivity contribution is 5.92. The molecular formula is C25H23F3N4O4. The number of anilines is 1. The molecule has 1 spiro atoms. The Labute approximate surface area is 204 Å². The normalized spacial score (nSPS) is 18.0. The average Bonchev–Trinajstić information content (AvgIpc) is 3.49. The van der Waals surface area contributed by atoms with Crippen molar-refractivity contribution in [1.29, 1.82) is 0 Å². The van der Waals surface area contributed by atoms with Crippen molar-refractivity contribution in [3.8, 4) is 11.1 Å². The lowest BCUT2D eigenvalue weighted by molar-refractivity contribution is -0.137. The van der Waals surface area contributed by atoms with Gasteiger partial charge < -0.3 is 9.84 Å². The molecule has 5 rings (SSSR count). The number of nitrogens with zero attached hydrogens (tertiary/aromatic N) is 3. The molecule has 8 nitrogen and oxygen atoms in total. The summed E-state index contributed by atoms with van der Waals surface area (Å²) in [6.45, 7) is 1.73. The summed E-state index contributed by atoms with van der Waals surface area (Å²) in [6, 6.07) is 9.75. The molecule has 3 aromatic rings. The van der Waals surface area contributed by atoms with E-state index in [1.54, 1.807) is 24.5 Å². The summed E-state index contributed by atoms with van der Waals surface area (Å²) >= 11 is 0. The molecule has 2 aromatic carbocycles. The molecule has 188 valence electrons. The maximum Gasteiger partial charge on any atom is 0.416 e. The zero-order valence-corrected chi connectivity index (χ0v) is 19.1. The maximum atomic E-state index is 13.4. The molecule has 0 atom stereocenters. The number of H-pyrrole nitrogens is 1. The number of halogens is 3. The topological polar surface area (TPSA) is 98.8 Å². The predicted molar refractivity (Wildman–Crippen MR) is 123 cm³/mol. The molecule has 0 bridgehead atoms. The van der Waals surface area contributed by atoms with Crippen molar-refractivity contribution in [1.82, 2.24) is 15.1 Å². The van der Waals surface area contributed by atoms with Crippen LogP contribution >= 0.6 is 0 Å². The van der Waals surface area contributed by atoms with Crippen LogP contribution in [0, 0.1) is 0 Å². The van der Waals surface area contributed by atoms with Crippen LogP contribution in [0.4, 0.5) is 23.7 Å². The van der Waals surface area contributed by atoms with E-state index >= 15 is 0 Å². The van der Waals surface area contributed by atoms with Crippen LogP contribution in [-0.2, 0) is 17.5 Å². The fourth-order valence-electron chi connectivity index (χ4n) is 4.81. The minimum Gasteiger partial charge on any atom is -0.478 e. The SMILES string of the molecule is O=C(O)c1ccc(N2CC3(CCN(Cc4cc(C(F)(F)F)ccc4-c4cn[nH]c4)CC3)OC2=O)cc1. The second kappa shape index (κ2) is 8.98. The largest absolute Gasteiger partial charge is 0.478 e. The molecule has 2 N–H and O–H groups in total. The summed E-state index contributed by atoms with van der Waals surface area (Å²) < 4.78 is 45.9. The number of nitrogens with one attached hydrogen (secondary N) is 1. The molecule has 0 saturated carbocycles. The summed E-state index contributed by atoms with van der Waals surface area (Å²) in [5.41, 5.74) is 1.22. The van der Waals surface area contributed by atoms with Gasteiger partial charge in [-0.2, -0.15) is 18.3 Å². The van der Waals surface area contributed by atoms with Crippen molar-refractivity contribution in [2.24, 2.45) is 0 Å². The van der Waals surface area contributed by atoms with Gasteiger partial charge in [0.05, 0.1) is 23.9 Å². The van der Waals surface area contributed by atoms with E-state index in [4.69, 9.17) is 9.84 Å². The Hall–Kier alpha value is -3.86. The van der Waals surface area contributed by atoms with Gasteiger partial charge in [0.1, 0.15) is 5.60 Å². The monoisotopic (exact) mass is 500 g/mol. The molecule has 2 aliphatic rings. The van der Waals surface area contributed by atoms with E-state index < -0.39 is 29.4 Å². The molecule has 11 heteroatoms. The first-order valence-electron chi connectivity index (χ1n) is 11.4. The van der Waals surface area contributed by atoms with Crippen LogP contribution < -0.4 is 4.90 Å². The first kappa shape index (κ1) is 23.9. The zero-order valence-electron chi connectivity index (χ0n) is 19.1. The molecule has 2 fully saturated rings. The van der Waals surface area contributed by atoms with Crippen LogP contribution in [0.25, 0.3) is 11.1 Å². The molecule has 0 unspecified atom stereocenters. The predicted octanol–water partition coefficient (Wildman–Crippen LogP) is 4.79. The highest BCUT2D eigenvalue weighted by Gasteiger charge is 2.47. The number of carbonyl (C=O) groups is 2. The Morgan fingerprint density at radius 1 is 1.14 bits per heavy atom. The van der Waals surface area contributed by atoms with Crippen LogP contribution in [0.5, 0.6) is 0 Å². The Balaban J connectivity index is 1.29. The van der Waals surface area contributed by atoms with Crippen molar-refractivity contribution < 1.29 is 32.6 Å². The summed E-state index contributed by atoms with van der Waals surface area (Å²) in [4.78, 5) is 27.2. The maximum absolute atomic E-state index is 13.4. The third-order valence-electron chi connectivity index (χ3n) is 6.80. The van der Waals surface area contributed by atoms with Gasteiger partial charge in [-0.3, -0.25) is 14.9 Å². The zero-order chi connectivity index (χ0) is 25.5. The van der Waals surface area contributed by atoms with E-state index in [-0.39, 0.29) is 5.56 Å². The average molecular weight is 500 g/mol. The standard InChI is InChI=1S/C25H23F3N4O4/c26-25(27,28)19-3-6-21(18-12-29-30-13-18)17(11-19)14-31-9-7-24(8-10-31)15-32(23(35)36-24)20-4-1-16(2-5-20)22(33)34/h1-6,11-13H,7-10,14-15H2,(H,29,30)(H,33,34). The lowest BCUT2D eigenvalue weighted by Gasteiger charge is -2.37. The number of rotatable bonds is 5. The molecule has 1 aromatic heterocycles. The van der Waals surface area contributed by atoms with Crippen LogP contribution in [0.1, 0.15) is 34.3 Å². The van der Waals surface area contributed by atoms with Gasteiger partial charge in [0.25, 0.3) is 0 Å². The quantitative estimate of drug-likeness (QED) is 0.523. The second-order valence-electron chi connectivity index (χ2n) is 9.12. The van der Waals surface area contributed by atoms with Crippen LogP contribution in [-0.4, -0.2) is 57.5 Å². The number of aromatic nitrogens is 2. The number of ether oxygens (including phenoxy) is 1. The molecule has 36 heavy (non-hydrogen) atoms. The van der Waals surface area contributed by atoms with Crippen molar-refractivity contribution in [2.45, 2.75) is 31.2 Å². The van der Waals surface area contributed by atoms with Crippen molar-refractivity contribution in [3.63, 3.8) is 0 Å². The van der Waals surface area contributed by atoms with Gasteiger partial charge in [0, 0.05) is 49.9 Å². The Morgan fingerprint density at radius 2 is 1.86 bits per heavy atom. The number of piperidine rings is 1. The second-order valence-corrected chi connectivity index (χ2v) is 9.12. The number of aromatic amines is 1. The van der Waals surface area contributed by atoms with Crippen LogP contribution in [0.3, 0.4) is 0 Å². The fraction of sp³-hybridized carbons (Fsp3) is 0.320. The van der Waals surface area contributed by atoms with Crippen molar-refractivity contribution in [2.75, 3.05) is 24.5 Å². The lowest BCUT2D eigenvalue weighted by Crippen LogP contribution is -2.46. The molecular weight excluding hydrogens is 477 g/mol. The summed E-state index contributed by atoms with van der Waals surface area (Å²) in [5.74, 6) is -1.05. The van der Waals surface area contributed by atoms with Gasteiger partial charge >= 0.3 is 18.2 Å². The number of likely N-dealkylation sites (tertiary alicyclic amines) is 1. The molecule has 2 saturated heterocycles. The fourth-order valence-corrected chi connectivity index (χ4v) is 4.81. The first-order valence-corrected chi connectivity index (χ1v) is 11.4. The summed E-state index contributed by atoms with van der Waals surface area (Å²) in [5, 5.41) is 15.7. The van der Waals surface area contributed by atoms with Crippen LogP contribution in [0.15, 0.2) is 54.9 Å². The lowest BCUT2D eigenvalue weighted by atomic mass is 9.90. The number of carboxylic acids is 1. The highest BCUT2D eigenvalue weighted by Crippen LogP contribution is 2.38. The summed E-state index contributed by atoms with van der Waals surface area (Å²) in [6.07, 6.45) is -0.656. The minimum absolute atomic E-state index is 0.124. The Bertz CT molecular complexity index is 1270. The molecule has 0 aliphatic carbocycles. The number of benzene rings is 2. The minimum atomic E-state index is -4.44. The molecule has 0 radical (unpaired) electrons. The molecule has 2 aliphatic heterocycles. The Kier molecular flexibility index (Phi) is 5.95. The summed E-state index contributed by atoms with van der Waals surface area (Å²) in [7, 11) is 0.